The van der Waals surface area contributed by atoms with Gasteiger partial charge in [-0.2, -0.15) is 0 Å². The quantitative estimate of drug-likeness (QED) is 0.471. The second-order valence-electron chi connectivity index (χ2n) is 4.54. The summed E-state index contributed by atoms with van der Waals surface area (Å²) in [5.74, 6) is -0.923. The zero-order chi connectivity index (χ0) is 14.5. The second kappa shape index (κ2) is 6.53. The van der Waals surface area contributed by atoms with Crippen LogP contribution in [0.3, 0.4) is 0 Å². The summed E-state index contributed by atoms with van der Waals surface area (Å²) < 4.78 is 0. The molecule has 0 bridgehead atoms. The Morgan fingerprint density at radius 1 is 0.850 bits per heavy atom. The van der Waals surface area contributed by atoms with Crippen LogP contribution in [0.2, 0.25) is 0 Å². The first kappa shape index (κ1) is 14.5. The van der Waals surface area contributed by atoms with Gasteiger partial charge in [0.2, 0.25) is 0 Å². The average Bonchev–Trinajstić information content (AvgIpc) is 2.53. The summed E-state index contributed by atoms with van der Waals surface area (Å²) >= 11 is 1.62. The van der Waals surface area contributed by atoms with Crippen LogP contribution in [-0.2, 0) is 0 Å². The summed E-state index contributed by atoms with van der Waals surface area (Å²) in [7, 11) is 0. The highest BCUT2D eigenvalue weighted by molar-refractivity contribution is 7.98. The van der Waals surface area contributed by atoms with Gasteiger partial charge in [0.25, 0.3) is 0 Å². The standard InChI is InChI=1S/C17H16O2S/c1-12(16(18)13-6-4-3-5-7-13)17(19)14-8-10-15(20-2)11-9-14/h3-12H,1-2H3. The van der Waals surface area contributed by atoms with Crippen molar-refractivity contribution in [3.05, 3.63) is 65.7 Å². The fourth-order valence-electron chi connectivity index (χ4n) is 1.98. The van der Waals surface area contributed by atoms with Crippen LogP contribution >= 0.6 is 11.8 Å². The number of rotatable bonds is 5. The lowest BCUT2D eigenvalue weighted by molar-refractivity contribution is 0.0820. The highest BCUT2D eigenvalue weighted by atomic mass is 32.2. The van der Waals surface area contributed by atoms with Gasteiger partial charge in [-0.15, -0.1) is 11.8 Å². The van der Waals surface area contributed by atoms with Crippen LogP contribution in [0.5, 0.6) is 0 Å². The highest BCUT2D eigenvalue weighted by Crippen LogP contribution is 2.18. The number of thioether (sulfide) groups is 1. The largest absolute Gasteiger partial charge is 0.293 e. The maximum atomic E-state index is 12.3. The molecule has 0 aliphatic rings. The average molecular weight is 284 g/mol. The van der Waals surface area contributed by atoms with Gasteiger partial charge >= 0.3 is 0 Å². The van der Waals surface area contributed by atoms with Crippen LogP contribution in [0.4, 0.5) is 0 Å². The van der Waals surface area contributed by atoms with Gasteiger partial charge in [0, 0.05) is 16.0 Å². The van der Waals surface area contributed by atoms with Gasteiger partial charge in [0.05, 0.1) is 5.92 Å². The monoisotopic (exact) mass is 284 g/mol. The summed E-state index contributed by atoms with van der Waals surface area (Å²) in [6.45, 7) is 1.67. The molecule has 0 aliphatic carbocycles. The third-order valence-electron chi connectivity index (χ3n) is 3.22. The van der Waals surface area contributed by atoms with E-state index in [2.05, 4.69) is 0 Å². The summed E-state index contributed by atoms with van der Waals surface area (Å²) in [4.78, 5) is 25.7. The van der Waals surface area contributed by atoms with Crippen LogP contribution in [0, 0.1) is 5.92 Å². The Kier molecular flexibility index (Phi) is 4.74. The number of hydrogen-bond donors (Lipinski definition) is 0. The van der Waals surface area contributed by atoms with Crippen LogP contribution in [0.25, 0.3) is 0 Å². The Morgan fingerprint density at radius 2 is 1.35 bits per heavy atom. The van der Waals surface area contributed by atoms with Crippen molar-refractivity contribution in [3.8, 4) is 0 Å². The summed E-state index contributed by atoms with van der Waals surface area (Å²) in [5, 5.41) is 0. The normalized spacial score (nSPS) is 11.9. The molecule has 102 valence electrons. The van der Waals surface area contributed by atoms with Gasteiger partial charge in [0.1, 0.15) is 0 Å². The Hall–Kier alpha value is -1.87. The topological polar surface area (TPSA) is 34.1 Å². The molecule has 0 amide bonds. The molecule has 2 aromatic carbocycles. The van der Waals surface area contributed by atoms with E-state index in [0.29, 0.717) is 11.1 Å². The van der Waals surface area contributed by atoms with Crippen LogP contribution < -0.4 is 0 Å². The molecule has 2 rings (SSSR count). The Bertz CT molecular complexity index is 603. The van der Waals surface area contributed by atoms with Gasteiger partial charge in [-0.3, -0.25) is 9.59 Å². The third kappa shape index (κ3) is 3.17. The first-order valence-corrected chi connectivity index (χ1v) is 7.63. The molecule has 2 aromatic rings. The first-order chi connectivity index (χ1) is 9.63. The lowest BCUT2D eigenvalue weighted by Crippen LogP contribution is -2.21. The molecule has 3 heteroatoms. The van der Waals surface area contributed by atoms with Crippen molar-refractivity contribution in [2.45, 2.75) is 11.8 Å². The molecule has 1 unspecified atom stereocenters. The van der Waals surface area contributed by atoms with E-state index in [1.165, 1.54) is 0 Å². The molecule has 0 saturated carbocycles. The molecule has 0 saturated heterocycles. The van der Waals surface area contributed by atoms with Crippen molar-refractivity contribution in [1.82, 2.24) is 0 Å². The number of benzene rings is 2. The molecule has 1 atom stereocenters. The fourth-order valence-corrected chi connectivity index (χ4v) is 2.39. The summed E-state index contributed by atoms with van der Waals surface area (Å²) in [6, 6.07) is 16.3. The van der Waals surface area contributed by atoms with Crippen LogP contribution in [0.15, 0.2) is 59.5 Å². The van der Waals surface area contributed by atoms with Crippen LogP contribution in [-0.4, -0.2) is 17.8 Å². The smallest absolute Gasteiger partial charge is 0.173 e. The molecule has 0 N–H and O–H groups in total. The minimum atomic E-state index is -0.655. The maximum absolute atomic E-state index is 12.3. The number of Topliss-reactive ketones (excluding diaryl/α,β-unsaturated/α-hetero) is 2. The minimum absolute atomic E-state index is 0.133. The van der Waals surface area contributed by atoms with E-state index in [9.17, 15) is 9.59 Å². The first-order valence-electron chi connectivity index (χ1n) is 6.41. The predicted molar refractivity (Wildman–Crippen MR) is 82.5 cm³/mol. The van der Waals surface area contributed by atoms with Crippen LogP contribution in [0.1, 0.15) is 27.6 Å². The van der Waals surface area contributed by atoms with Gasteiger partial charge in [0.15, 0.2) is 11.6 Å². The summed E-state index contributed by atoms with van der Waals surface area (Å²) in [6.07, 6.45) is 1.98. The Labute approximate surface area is 123 Å². The van der Waals surface area contributed by atoms with Crippen molar-refractivity contribution in [2.75, 3.05) is 6.26 Å². The van der Waals surface area contributed by atoms with E-state index in [0.717, 1.165) is 4.90 Å². The van der Waals surface area contributed by atoms with Crippen molar-refractivity contribution in [2.24, 2.45) is 5.92 Å². The van der Waals surface area contributed by atoms with Crippen molar-refractivity contribution in [3.63, 3.8) is 0 Å². The van der Waals surface area contributed by atoms with Gasteiger partial charge in [-0.1, -0.05) is 42.5 Å². The maximum Gasteiger partial charge on any atom is 0.173 e. The zero-order valence-electron chi connectivity index (χ0n) is 11.5. The Morgan fingerprint density at radius 3 is 1.85 bits per heavy atom. The molecule has 0 radical (unpaired) electrons. The van der Waals surface area contributed by atoms with E-state index in [-0.39, 0.29) is 11.6 Å². The molecule has 0 aromatic heterocycles. The molecular weight excluding hydrogens is 268 g/mol. The van der Waals surface area contributed by atoms with Crippen molar-refractivity contribution in [1.29, 1.82) is 0 Å². The number of carbonyl (C=O) groups is 2. The van der Waals surface area contributed by atoms with Crippen molar-refractivity contribution < 1.29 is 9.59 Å². The molecule has 0 spiro atoms. The lowest BCUT2D eigenvalue weighted by Gasteiger charge is -2.10. The number of hydrogen-bond acceptors (Lipinski definition) is 3. The molecule has 0 heterocycles. The molecular formula is C17H16O2S. The Balaban J connectivity index is 2.17. The van der Waals surface area contributed by atoms with E-state index in [1.54, 1.807) is 55.1 Å². The van der Waals surface area contributed by atoms with Crippen molar-refractivity contribution >= 4 is 23.3 Å². The van der Waals surface area contributed by atoms with Gasteiger partial charge < -0.3 is 0 Å². The molecule has 0 aliphatic heterocycles. The highest BCUT2D eigenvalue weighted by Gasteiger charge is 2.23. The second-order valence-corrected chi connectivity index (χ2v) is 5.42. The van der Waals surface area contributed by atoms with Gasteiger partial charge in [-0.05, 0) is 25.3 Å². The van der Waals surface area contributed by atoms with E-state index < -0.39 is 5.92 Å². The summed E-state index contributed by atoms with van der Waals surface area (Å²) in [5.41, 5.74) is 1.16. The SMILES string of the molecule is CSc1ccc(C(=O)C(C)C(=O)c2ccccc2)cc1. The minimum Gasteiger partial charge on any atom is -0.293 e. The van der Waals surface area contributed by atoms with E-state index >= 15 is 0 Å². The van der Waals surface area contributed by atoms with Gasteiger partial charge in [-0.25, -0.2) is 0 Å². The predicted octanol–water partition coefficient (Wildman–Crippen LogP) is 4.11. The number of carbonyl (C=O) groups excluding carboxylic acids is 2. The lowest BCUT2D eigenvalue weighted by atomic mass is 9.92. The third-order valence-corrected chi connectivity index (χ3v) is 3.96. The molecule has 20 heavy (non-hydrogen) atoms. The van der Waals surface area contributed by atoms with E-state index in [4.69, 9.17) is 0 Å². The zero-order valence-corrected chi connectivity index (χ0v) is 12.3. The molecule has 0 fully saturated rings. The van der Waals surface area contributed by atoms with E-state index in [1.807, 2.05) is 24.5 Å². The fraction of sp³-hybridized carbons (Fsp3) is 0.176. The molecule has 2 nitrogen and oxygen atoms in total. The number of ketones is 2.